The molecule has 27 heavy (non-hydrogen) atoms. The van der Waals surface area contributed by atoms with Crippen molar-refractivity contribution < 1.29 is 19.6 Å². The second-order valence-corrected chi connectivity index (χ2v) is 9.26. The third-order valence-electron chi connectivity index (χ3n) is 3.96. The van der Waals surface area contributed by atoms with Crippen LogP contribution in [0.25, 0.3) is 0 Å². The lowest BCUT2D eigenvalue weighted by Crippen LogP contribution is -2.21. The van der Waals surface area contributed by atoms with Gasteiger partial charge >= 0.3 is 0 Å². The molecule has 2 aromatic carbocycles. The first-order chi connectivity index (χ1) is 12.8. The fourth-order valence-corrected chi connectivity index (χ4v) is 5.75. The van der Waals surface area contributed by atoms with Crippen LogP contribution in [0.3, 0.4) is 0 Å². The van der Waals surface area contributed by atoms with Crippen molar-refractivity contribution in [3.63, 3.8) is 0 Å². The minimum atomic E-state index is -0.322. The Morgan fingerprint density at radius 2 is 1.22 bits per heavy atom. The molecule has 0 fully saturated rings. The summed E-state index contributed by atoms with van der Waals surface area (Å²) >= 11 is 14.6. The molecule has 0 aliphatic rings. The van der Waals surface area contributed by atoms with Gasteiger partial charge in [0.25, 0.3) is 0 Å². The van der Waals surface area contributed by atoms with Crippen molar-refractivity contribution in [1.29, 1.82) is 0 Å². The third-order valence-corrected chi connectivity index (χ3v) is 8.12. The van der Waals surface area contributed by atoms with E-state index in [1.807, 2.05) is 38.1 Å². The summed E-state index contributed by atoms with van der Waals surface area (Å²) in [7, 11) is 0. The zero-order valence-corrected chi connectivity index (χ0v) is 21.7. The van der Waals surface area contributed by atoms with Gasteiger partial charge in [0.05, 0.1) is 22.2 Å². The summed E-state index contributed by atoms with van der Waals surface area (Å²) in [6, 6.07) is 7.84. The monoisotopic (exact) mass is 628 g/mol. The van der Waals surface area contributed by atoms with E-state index in [2.05, 4.69) is 77.6 Å². The Hall–Kier alpha value is -0.120. The van der Waals surface area contributed by atoms with Crippen molar-refractivity contribution >= 4 is 63.7 Å². The molecule has 148 valence electrons. The molecule has 2 rings (SSSR count). The molecule has 0 heterocycles. The summed E-state index contributed by atoms with van der Waals surface area (Å²) in [5.74, 6) is 1.23. The van der Waals surface area contributed by atoms with Gasteiger partial charge in [-0.3, -0.25) is 0 Å². The van der Waals surface area contributed by atoms with Crippen molar-refractivity contribution in [2.75, 3.05) is 13.2 Å². The van der Waals surface area contributed by atoms with Crippen molar-refractivity contribution in [2.45, 2.75) is 33.1 Å². The standard InChI is InChI=1S/C19H20Br4O4/c1-5-24-26-12-9-7-11(8-10-12)19(3,4)13-14(20)16(22)18(27-25-6-2)17(23)15(13)21/h7-10H,5-6H2,1-4H3. The Kier molecular flexibility index (Phi) is 8.64. The molecule has 0 saturated heterocycles. The van der Waals surface area contributed by atoms with Gasteiger partial charge in [0.2, 0.25) is 0 Å². The molecule has 2 aromatic rings. The second kappa shape index (κ2) is 10.1. The van der Waals surface area contributed by atoms with Gasteiger partial charge in [-0.2, -0.15) is 9.78 Å². The smallest absolute Gasteiger partial charge is 0.195 e. The first-order valence-corrected chi connectivity index (χ1v) is 11.5. The normalized spacial score (nSPS) is 11.6. The van der Waals surface area contributed by atoms with E-state index in [0.29, 0.717) is 24.7 Å². The van der Waals surface area contributed by atoms with Crippen molar-refractivity contribution in [3.05, 3.63) is 53.3 Å². The summed E-state index contributed by atoms with van der Waals surface area (Å²) in [6.07, 6.45) is 0. The van der Waals surface area contributed by atoms with Gasteiger partial charge in [-0.05, 0) is 101 Å². The predicted molar refractivity (Wildman–Crippen MR) is 120 cm³/mol. The van der Waals surface area contributed by atoms with Gasteiger partial charge < -0.3 is 9.78 Å². The summed E-state index contributed by atoms with van der Waals surface area (Å²) in [4.78, 5) is 20.7. The van der Waals surface area contributed by atoms with Crippen LogP contribution in [-0.4, -0.2) is 13.2 Å². The molecule has 0 aromatic heterocycles. The Morgan fingerprint density at radius 1 is 0.741 bits per heavy atom. The molecule has 4 nitrogen and oxygen atoms in total. The fourth-order valence-electron chi connectivity index (χ4n) is 2.55. The van der Waals surface area contributed by atoms with Crippen molar-refractivity contribution in [2.24, 2.45) is 0 Å². The topological polar surface area (TPSA) is 36.9 Å². The zero-order valence-electron chi connectivity index (χ0n) is 15.4. The maximum atomic E-state index is 5.42. The molecule has 0 saturated carbocycles. The van der Waals surface area contributed by atoms with Crippen LogP contribution in [0.15, 0.2) is 42.2 Å². The molecule has 0 spiro atoms. The van der Waals surface area contributed by atoms with Gasteiger partial charge in [0.1, 0.15) is 0 Å². The highest BCUT2D eigenvalue weighted by molar-refractivity contribution is 9.14. The highest BCUT2D eigenvalue weighted by atomic mass is 79.9. The molecule has 0 aliphatic heterocycles. The Balaban J connectivity index is 2.49. The van der Waals surface area contributed by atoms with E-state index in [1.165, 1.54) is 0 Å². The van der Waals surface area contributed by atoms with E-state index in [-0.39, 0.29) is 5.41 Å². The number of benzene rings is 2. The van der Waals surface area contributed by atoms with E-state index >= 15 is 0 Å². The van der Waals surface area contributed by atoms with Crippen LogP contribution in [-0.2, 0) is 15.2 Å². The molecule has 8 heteroatoms. The number of hydrogen-bond acceptors (Lipinski definition) is 4. The van der Waals surface area contributed by atoms with E-state index in [0.717, 1.165) is 29.0 Å². The first kappa shape index (κ1) is 23.2. The number of rotatable bonds is 8. The summed E-state index contributed by atoms with van der Waals surface area (Å²) in [5, 5.41) is 0. The van der Waals surface area contributed by atoms with E-state index in [4.69, 9.17) is 19.6 Å². The minimum absolute atomic E-state index is 0.322. The lowest BCUT2D eigenvalue weighted by atomic mass is 9.78. The molecule has 0 amide bonds. The molecular formula is C19H20Br4O4. The highest BCUT2D eigenvalue weighted by Gasteiger charge is 2.32. The SMILES string of the molecule is CCOOc1ccc(C(C)(C)c2c(Br)c(Br)c(OOCC)c(Br)c2Br)cc1. The second-order valence-electron chi connectivity index (χ2n) is 6.09. The average Bonchev–Trinajstić information content (AvgIpc) is 2.65. The Morgan fingerprint density at radius 3 is 1.70 bits per heavy atom. The molecule has 0 bridgehead atoms. The first-order valence-electron chi connectivity index (χ1n) is 8.31. The van der Waals surface area contributed by atoms with Crippen LogP contribution in [0.2, 0.25) is 0 Å². The lowest BCUT2D eigenvalue weighted by Gasteiger charge is -2.30. The van der Waals surface area contributed by atoms with Gasteiger partial charge in [-0.15, -0.1) is 0 Å². The van der Waals surface area contributed by atoms with E-state index in [9.17, 15) is 0 Å². The summed E-state index contributed by atoms with van der Waals surface area (Å²) in [6.45, 7) is 8.97. The highest BCUT2D eigenvalue weighted by Crippen LogP contribution is 2.51. The largest absolute Gasteiger partial charge is 0.338 e. The maximum absolute atomic E-state index is 5.42. The number of halogens is 4. The molecule has 0 atom stereocenters. The predicted octanol–water partition coefficient (Wildman–Crippen LogP) is 7.72. The van der Waals surface area contributed by atoms with Gasteiger partial charge in [0, 0.05) is 14.4 Å². The lowest BCUT2D eigenvalue weighted by molar-refractivity contribution is -0.203. The average molecular weight is 632 g/mol. The van der Waals surface area contributed by atoms with Crippen LogP contribution in [0.5, 0.6) is 11.5 Å². The van der Waals surface area contributed by atoms with Crippen LogP contribution in [0.1, 0.15) is 38.8 Å². The minimum Gasteiger partial charge on any atom is -0.338 e. The molecule has 0 unspecified atom stereocenters. The van der Waals surface area contributed by atoms with Crippen LogP contribution < -0.4 is 9.78 Å². The quantitative estimate of drug-likeness (QED) is 0.170. The maximum Gasteiger partial charge on any atom is 0.195 e. The molecule has 0 N–H and O–H groups in total. The van der Waals surface area contributed by atoms with E-state index < -0.39 is 0 Å². The van der Waals surface area contributed by atoms with Crippen LogP contribution in [0.4, 0.5) is 0 Å². The van der Waals surface area contributed by atoms with Crippen LogP contribution in [0, 0.1) is 0 Å². The fraction of sp³-hybridized carbons (Fsp3) is 0.368. The van der Waals surface area contributed by atoms with Gasteiger partial charge in [-0.1, -0.05) is 26.0 Å². The van der Waals surface area contributed by atoms with Crippen molar-refractivity contribution in [3.8, 4) is 11.5 Å². The zero-order chi connectivity index (χ0) is 20.2. The third kappa shape index (κ3) is 5.08. The van der Waals surface area contributed by atoms with Crippen LogP contribution >= 0.6 is 63.7 Å². The van der Waals surface area contributed by atoms with Gasteiger partial charge in [-0.25, -0.2) is 0 Å². The molecule has 0 radical (unpaired) electrons. The van der Waals surface area contributed by atoms with Crippen molar-refractivity contribution in [1.82, 2.24) is 0 Å². The molecular weight excluding hydrogens is 612 g/mol. The molecule has 0 aliphatic carbocycles. The Labute approximate surface area is 193 Å². The van der Waals surface area contributed by atoms with Gasteiger partial charge in [0.15, 0.2) is 11.5 Å². The van der Waals surface area contributed by atoms with E-state index in [1.54, 1.807) is 0 Å². The summed E-state index contributed by atoms with van der Waals surface area (Å²) < 4.78 is 3.30. The summed E-state index contributed by atoms with van der Waals surface area (Å²) in [5.41, 5.74) is 1.85. The Bertz CT molecular complexity index is 762. The number of hydrogen-bond donors (Lipinski definition) is 0.